The first-order valence-corrected chi connectivity index (χ1v) is 11.3. The van der Waals surface area contributed by atoms with Crippen molar-refractivity contribution in [3.63, 3.8) is 0 Å². The Morgan fingerprint density at radius 1 is 0.914 bits per heavy atom. The Kier molecular flexibility index (Phi) is 11.2. The van der Waals surface area contributed by atoms with Crippen molar-refractivity contribution in [1.82, 2.24) is 21.3 Å². The standard InChI is InChI=1S/C24H36N4O7/c1-14(21(32)25-6)26-22(33)18(11-12-20(30)31)28-23(34)19(27-15(2)29)13-16-7-9-17(10-8-16)35-24(3,4)5/h7-10,14,18-19H,11-13H2,1-6H3,(H,25,32)(H,26,33)(H,27,29)(H,28,34)(H,30,31)/t14-,18-,19-/m0/s1. The molecule has 11 heteroatoms. The zero-order valence-corrected chi connectivity index (χ0v) is 21.1. The number of benzene rings is 1. The van der Waals surface area contributed by atoms with Gasteiger partial charge >= 0.3 is 5.97 Å². The summed E-state index contributed by atoms with van der Waals surface area (Å²) < 4.78 is 5.79. The maximum absolute atomic E-state index is 13.0. The molecule has 4 amide bonds. The van der Waals surface area contributed by atoms with E-state index in [1.54, 1.807) is 24.3 Å². The molecule has 11 nitrogen and oxygen atoms in total. The molecular weight excluding hydrogens is 456 g/mol. The molecule has 0 unspecified atom stereocenters. The number of ether oxygens (including phenoxy) is 1. The lowest BCUT2D eigenvalue weighted by Crippen LogP contribution is -2.56. The van der Waals surface area contributed by atoms with Crippen LogP contribution in [0, 0.1) is 0 Å². The van der Waals surface area contributed by atoms with Crippen LogP contribution in [0.3, 0.4) is 0 Å². The summed E-state index contributed by atoms with van der Waals surface area (Å²) in [7, 11) is 1.41. The topological polar surface area (TPSA) is 163 Å². The van der Waals surface area contributed by atoms with Crippen LogP contribution in [0.2, 0.25) is 0 Å². The van der Waals surface area contributed by atoms with Crippen molar-refractivity contribution in [2.24, 2.45) is 0 Å². The number of carbonyl (C=O) groups excluding carboxylic acids is 4. The van der Waals surface area contributed by atoms with E-state index in [4.69, 9.17) is 9.84 Å². The molecule has 0 aliphatic rings. The van der Waals surface area contributed by atoms with Crippen molar-refractivity contribution in [2.75, 3.05) is 7.05 Å². The second-order valence-corrected chi connectivity index (χ2v) is 9.15. The largest absolute Gasteiger partial charge is 0.488 e. The highest BCUT2D eigenvalue weighted by molar-refractivity contribution is 5.94. The van der Waals surface area contributed by atoms with Crippen LogP contribution in [0.5, 0.6) is 5.75 Å². The number of amides is 4. The van der Waals surface area contributed by atoms with Crippen molar-refractivity contribution in [3.05, 3.63) is 29.8 Å². The molecule has 1 aromatic rings. The molecule has 0 bridgehead atoms. The van der Waals surface area contributed by atoms with Gasteiger partial charge < -0.3 is 31.1 Å². The van der Waals surface area contributed by atoms with Crippen molar-refractivity contribution >= 4 is 29.6 Å². The van der Waals surface area contributed by atoms with Gasteiger partial charge in [0.05, 0.1) is 0 Å². The Balaban J connectivity index is 3.00. The molecule has 0 aliphatic heterocycles. The first kappa shape index (κ1) is 29.4. The van der Waals surface area contributed by atoms with Crippen LogP contribution in [0.1, 0.15) is 53.0 Å². The molecule has 0 radical (unpaired) electrons. The Hall–Kier alpha value is -3.63. The Morgan fingerprint density at radius 2 is 1.49 bits per heavy atom. The highest BCUT2D eigenvalue weighted by atomic mass is 16.5. The molecular formula is C24H36N4O7. The first-order chi connectivity index (χ1) is 16.2. The number of carbonyl (C=O) groups is 5. The quantitative estimate of drug-likeness (QED) is 0.284. The van der Waals surface area contributed by atoms with Gasteiger partial charge in [0, 0.05) is 26.8 Å². The third kappa shape index (κ3) is 11.4. The summed E-state index contributed by atoms with van der Waals surface area (Å²) in [5, 5.41) is 19.0. The molecule has 0 spiro atoms. The monoisotopic (exact) mass is 492 g/mol. The summed E-state index contributed by atoms with van der Waals surface area (Å²) >= 11 is 0. The van der Waals surface area contributed by atoms with E-state index in [0.29, 0.717) is 5.75 Å². The minimum Gasteiger partial charge on any atom is -0.488 e. The lowest BCUT2D eigenvalue weighted by molar-refractivity contribution is -0.138. The predicted octanol–water partition coefficient (Wildman–Crippen LogP) is 0.511. The van der Waals surface area contributed by atoms with Gasteiger partial charge in [-0.2, -0.15) is 0 Å². The zero-order valence-electron chi connectivity index (χ0n) is 21.1. The van der Waals surface area contributed by atoms with Crippen LogP contribution in [0.25, 0.3) is 0 Å². The van der Waals surface area contributed by atoms with Gasteiger partial charge in [0.2, 0.25) is 23.6 Å². The van der Waals surface area contributed by atoms with Crippen LogP contribution in [0.15, 0.2) is 24.3 Å². The van der Waals surface area contributed by atoms with Gasteiger partial charge in [-0.25, -0.2) is 0 Å². The summed E-state index contributed by atoms with van der Waals surface area (Å²) in [6, 6.07) is 3.92. The van der Waals surface area contributed by atoms with Gasteiger partial charge in [-0.05, 0) is 51.8 Å². The lowest BCUT2D eigenvalue weighted by atomic mass is 10.0. The molecule has 35 heavy (non-hydrogen) atoms. The normalized spacial score (nSPS) is 13.5. The number of hydrogen-bond acceptors (Lipinski definition) is 6. The minimum atomic E-state index is -1.22. The van der Waals surface area contributed by atoms with Crippen molar-refractivity contribution < 1.29 is 33.8 Å². The van der Waals surface area contributed by atoms with Gasteiger partial charge in [-0.1, -0.05) is 12.1 Å². The zero-order chi connectivity index (χ0) is 26.8. The molecule has 0 saturated heterocycles. The summed E-state index contributed by atoms with van der Waals surface area (Å²) in [5.41, 5.74) is 0.362. The molecule has 1 rings (SSSR count). The van der Waals surface area contributed by atoms with Crippen LogP contribution in [-0.2, 0) is 30.4 Å². The summed E-state index contributed by atoms with van der Waals surface area (Å²) in [5.74, 6) is -2.76. The van der Waals surface area contributed by atoms with E-state index < -0.39 is 47.7 Å². The minimum absolute atomic E-state index is 0.128. The third-order valence-corrected chi connectivity index (χ3v) is 4.76. The molecule has 0 aromatic heterocycles. The first-order valence-electron chi connectivity index (χ1n) is 11.3. The molecule has 0 saturated carbocycles. The van der Waals surface area contributed by atoms with E-state index in [0.717, 1.165) is 5.56 Å². The maximum atomic E-state index is 13.0. The molecule has 1 aromatic carbocycles. The summed E-state index contributed by atoms with van der Waals surface area (Å²) in [6.45, 7) is 8.49. The number of carboxylic acid groups (broad SMARTS) is 1. The average molecular weight is 493 g/mol. The SMILES string of the molecule is CNC(=O)[C@H](C)NC(=O)[C@H](CCC(=O)O)NC(=O)[C@H](Cc1ccc(OC(C)(C)C)cc1)NC(C)=O. The van der Waals surface area contributed by atoms with E-state index in [1.807, 2.05) is 20.8 Å². The van der Waals surface area contributed by atoms with Crippen LogP contribution >= 0.6 is 0 Å². The molecule has 0 heterocycles. The molecule has 0 fully saturated rings. The van der Waals surface area contributed by atoms with Crippen LogP contribution in [-0.4, -0.2) is 65.5 Å². The number of rotatable bonds is 12. The Labute approximate surface area is 205 Å². The fourth-order valence-electron chi connectivity index (χ4n) is 3.14. The van der Waals surface area contributed by atoms with E-state index in [-0.39, 0.29) is 24.9 Å². The van der Waals surface area contributed by atoms with Crippen LogP contribution in [0.4, 0.5) is 0 Å². The maximum Gasteiger partial charge on any atom is 0.303 e. The summed E-state index contributed by atoms with van der Waals surface area (Å²) in [6.07, 6.45) is -0.450. The number of aliphatic carboxylic acids is 1. The summed E-state index contributed by atoms with van der Waals surface area (Å²) in [4.78, 5) is 60.2. The van der Waals surface area contributed by atoms with Gasteiger partial charge in [-0.15, -0.1) is 0 Å². The smallest absolute Gasteiger partial charge is 0.303 e. The third-order valence-electron chi connectivity index (χ3n) is 4.76. The van der Waals surface area contributed by atoms with Crippen molar-refractivity contribution in [2.45, 2.75) is 77.6 Å². The highest BCUT2D eigenvalue weighted by Crippen LogP contribution is 2.19. The van der Waals surface area contributed by atoms with E-state index in [9.17, 15) is 24.0 Å². The lowest BCUT2D eigenvalue weighted by Gasteiger charge is -2.24. The molecule has 3 atom stereocenters. The Morgan fingerprint density at radius 3 is 1.97 bits per heavy atom. The van der Waals surface area contributed by atoms with E-state index in [1.165, 1.54) is 20.9 Å². The predicted molar refractivity (Wildman–Crippen MR) is 129 cm³/mol. The average Bonchev–Trinajstić information content (AvgIpc) is 2.75. The van der Waals surface area contributed by atoms with Gasteiger partial charge in [0.1, 0.15) is 29.5 Å². The number of likely N-dealkylation sites (N-methyl/N-ethyl adjacent to an activating group) is 1. The van der Waals surface area contributed by atoms with Crippen molar-refractivity contribution in [1.29, 1.82) is 0 Å². The number of nitrogens with one attached hydrogen (secondary N) is 4. The van der Waals surface area contributed by atoms with Gasteiger partial charge in [0.15, 0.2) is 0 Å². The van der Waals surface area contributed by atoms with Crippen LogP contribution < -0.4 is 26.0 Å². The molecule has 194 valence electrons. The van der Waals surface area contributed by atoms with Gasteiger partial charge in [0.25, 0.3) is 0 Å². The second kappa shape index (κ2) is 13.3. The van der Waals surface area contributed by atoms with Crippen molar-refractivity contribution in [3.8, 4) is 5.75 Å². The highest BCUT2D eigenvalue weighted by Gasteiger charge is 2.28. The Bertz CT molecular complexity index is 909. The van der Waals surface area contributed by atoms with Gasteiger partial charge in [-0.3, -0.25) is 24.0 Å². The molecule has 0 aliphatic carbocycles. The number of carboxylic acids is 1. The molecule has 5 N–H and O–H groups in total. The number of hydrogen-bond donors (Lipinski definition) is 5. The van der Waals surface area contributed by atoms with E-state index in [2.05, 4.69) is 21.3 Å². The van der Waals surface area contributed by atoms with E-state index >= 15 is 0 Å². The fraction of sp³-hybridized carbons (Fsp3) is 0.542. The fourth-order valence-corrected chi connectivity index (χ4v) is 3.14. The second-order valence-electron chi connectivity index (χ2n) is 9.15.